The van der Waals surface area contributed by atoms with E-state index in [1.807, 2.05) is 0 Å². The van der Waals surface area contributed by atoms with Crippen LogP contribution in [-0.2, 0) is 4.79 Å². The second kappa shape index (κ2) is 3.35. The van der Waals surface area contributed by atoms with E-state index in [2.05, 4.69) is 30.5 Å². The number of rotatable bonds is 2. The maximum Gasteiger partial charge on any atom is 0.248 e. The predicted molar refractivity (Wildman–Crippen MR) is 39.5 cm³/mol. The summed E-state index contributed by atoms with van der Waals surface area (Å²) in [5.74, 6) is -0.187. The molecule has 1 amide bonds. The summed E-state index contributed by atoms with van der Waals surface area (Å²) < 4.78 is 0. The van der Waals surface area contributed by atoms with E-state index in [1.165, 1.54) is 6.92 Å². The fourth-order valence-corrected chi connectivity index (χ4v) is 0.554. The third-order valence-corrected chi connectivity index (χ3v) is 0.901. The quantitative estimate of drug-likeness (QED) is 0.383. The molecule has 8 heteroatoms. The molecule has 0 unspecified atom stereocenters. The maximum absolute atomic E-state index is 10.5. The highest BCUT2D eigenvalue weighted by molar-refractivity contribution is 5.86. The number of H-pyrrole nitrogens is 1. The van der Waals surface area contributed by atoms with E-state index in [1.54, 1.807) is 0 Å². The van der Waals surface area contributed by atoms with Crippen LogP contribution in [0.3, 0.4) is 0 Å². The summed E-state index contributed by atoms with van der Waals surface area (Å²) in [7, 11) is 0. The van der Waals surface area contributed by atoms with Crippen molar-refractivity contribution in [3.63, 3.8) is 0 Å². The fraction of sp³-hybridized carbons (Fsp3) is 0.250. The van der Waals surface area contributed by atoms with Gasteiger partial charge in [0.1, 0.15) is 0 Å². The number of anilines is 1. The molecule has 0 aromatic carbocycles. The van der Waals surface area contributed by atoms with Gasteiger partial charge in [-0.25, -0.2) is 0 Å². The Balaban J connectivity index is 2.77. The van der Waals surface area contributed by atoms with Crippen LogP contribution in [0.25, 0.3) is 10.4 Å². The van der Waals surface area contributed by atoms with E-state index >= 15 is 0 Å². The van der Waals surface area contributed by atoms with Crippen molar-refractivity contribution < 1.29 is 4.79 Å². The van der Waals surface area contributed by atoms with Gasteiger partial charge in [0.25, 0.3) is 0 Å². The second-order valence-corrected chi connectivity index (χ2v) is 1.85. The van der Waals surface area contributed by atoms with Crippen molar-refractivity contribution in [3.05, 3.63) is 10.4 Å². The van der Waals surface area contributed by atoms with E-state index < -0.39 is 0 Å². The molecular formula is C4H5N7O. The summed E-state index contributed by atoms with van der Waals surface area (Å²) in [6, 6.07) is 0. The van der Waals surface area contributed by atoms with Crippen LogP contribution in [0.15, 0.2) is 5.11 Å². The Bertz CT molecular complexity index is 335. The molecule has 0 saturated heterocycles. The number of aromatic amines is 1. The van der Waals surface area contributed by atoms with Crippen LogP contribution >= 0.6 is 0 Å². The molecule has 0 bridgehead atoms. The van der Waals surface area contributed by atoms with E-state index in [9.17, 15) is 4.79 Å². The van der Waals surface area contributed by atoms with Crippen LogP contribution in [0.4, 0.5) is 11.9 Å². The molecule has 1 aromatic rings. The average Bonchev–Trinajstić information content (AvgIpc) is 2.36. The summed E-state index contributed by atoms with van der Waals surface area (Å²) in [6.45, 7) is 1.32. The first-order chi connectivity index (χ1) is 5.72. The van der Waals surface area contributed by atoms with Gasteiger partial charge in [0.15, 0.2) is 0 Å². The lowest BCUT2D eigenvalue weighted by molar-refractivity contribution is -0.114. The Labute approximate surface area is 66.6 Å². The lowest BCUT2D eigenvalue weighted by Gasteiger charge is -1.89. The average molecular weight is 167 g/mol. The van der Waals surface area contributed by atoms with Gasteiger partial charge in [0.05, 0.1) is 0 Å². The molecule has 0 aliphatic rings. The lowest BCUT2D eigenvalue weighted by Crippen LogP contribution is -2.06. The molecule has 62 valence electrons. The van der Waals surface area contributed by atoms with Crippen molar-refractivity contribution >= 4 is 17.8 Å². The van der Waals surface area contributed by atoms with E-state index in [0.29, 0.717) is 0 Å². The van der Waals surface area contributed by atoms with E-state index in [4.69, 9.17) is 5.53 Å². The standard InChI is InChI=1S/C4H5N7O/c1-2(12)6-3-7-4(9-8-3)10-11-5/h1H3,(H2,6,7,8,9,12). The number of nitrogens with one attached hydrogen (secondary N) is 2. The molecule has 0 aliphatic carbocycles. The molecule has 0 fully saturated rings. The normalized spacial score (nSPS) is 8.75. The largest absolute Gasteiger partial charge is 0.293 e. The van der Waals surface area contributed by atoms with Crippen molar-refractivity contribution in [1.82, 2.24) is 15.2 Å². The first-order valence-corrected chi connectivity index (χ1v) is 2.97. The smallest absolute Gasteiger partial charge is 0.248 e. The lowest BCUT2D eigenvalue weighted by atomic mass is 10.7. The van der Waals surface area contributed by atoms with E-state index in [-0.39, 0.29) is 17.8 Å². The molecule has 8 nitrogen and oxygen atoms in total. The highest BCUT2D eigenvalue weighted by atomic mass is 16.1. The predicted octanol–water partition coefficient (Wildman–Crippen LogP) is 0.705. The van der Waals surface area contributed by atoms with Crippen LogP contribution in [0.1, 0.15) is 6.92 Å². The fourth-order valence-electron chi connectivity index (χ4n) is 0.554. The highest BCUT2D eigenvalue weighted by Crippen LogP contribution is 2.05. The first kappa shape index (κ1) is 8.02. The molecule has 0 atom stereocenters. The molecule has 0 saturated carbocycles. The maximum atomic E-state index is 10.5. The Morgan fingerprint density at radius 3 is 3.17 bits per heavy atom. The highest BCUT2D eigenvalue weighted by Gasteiger charge is 2.01. The van der Waals surface area contributed by atoms with Crippen molar-refractivity contribution in [2.45, 2.75) is 6.92 Å². The van der Waals surface area contributed by atoms with E-state index in [0.717, 1.165) is 0 Å². The summed E-state index contributed by atoms with van der Waals surface area (Å²) in [5.41, 5.74) is 7.99. The van der Waals surface area contributed by atoms with Crippen LogP contribution in [0, 0.1) is 0 Å². The zero-order valence-electron chi connectivity index (χ0n) is 6.14. The van der Waals surface area contributed by atoms with Gasteiger partial charge in [-0.05, 0) is 10.6 Å². The summed E-state index contributed by atoms with van der Waals surface area (Å²) >= 11 is 0. The van der Waals surface area contributed by atoms with Crippen LogP contribution in [-0.4, -0.2) is 21.1 Å². The molecule has 1 aromatic heterocycles. The van der Waals surface area contributed by atoms with Crippen molar-refractivity contribution in [1.29, 1.82) is 0 Å². The molecule has 0 spiro atoms. The first-order valence-electron chi connectivity index (χ1n) is 2.97. The minimum absolute atomic E-state index is 0.0150. The monoisotopic (exact) mass is 167 g/mol. The number of nitrogens with zero attached hydrogens (tertiary/aromatic N) is 5. The number of amides is 1. The van der Waals surface area contributed by atoms with Crippen LogP contribution < -0.4 is 5.32 Å². The van der Waals surface area contributed by atoms with Gasteiger partial charge < -0.3 is 0 Å². The number of hydrogen-bond acceptors (Lipinski definition) is 4. The number of carbonyl (C=O) groups is 1. The Morgan fingerprint density at radius 1 is 1.83 bits per heavy atom. The Morgan fingerprint density at radius 2 is 2.58 bits per heavy atom. The molecule has 1 heterocycles. The minimum Gasteiger partial charge on any atom is -0.293 e. The van der Waals surface area contributed by atoms with Gasteiger partial charge in [0, 0.05) is 11.8 Å². The molecule has 0 aliphatic heterocycles. The van der Waals surface area contributed by atoms with Gasteiger partial charge in [-0.15, -0.1) is 5.10 Å². The van der Waals surface area contributed by atoms with Gasteiger partial charge in [-0.3, -0.25) is 15.2 Å². The van der Waals surface area contributed by atoms with Crippen molar-refractivity contribution in [2.24, 2.45) is 5.11 Å². The van der Waals surface area contributed by atoms with Gasteiger partial charge in [-0.1, -0.05) is 0 Å². The van der Waals surface area contributed by atoms with Crippen LogP contribution in [0.2, 0.25) is 0 Å². The number of hydrogen-bond donors (Lipinski definition) is 2. The van der Waals surface area contributed by atoms with Crippen LogP contribution in [0.5, 0.6) is 0 Å². The number of carbonyl (C=O) groups excluding carboxylic acids is 1. The third-order valence-electron chi connectivity index (χ3n) is 0.901. The zero-order chi connectivity index (χ0) is 8.97. The second-order valence-electron chi connectivity index (χ2n) is 1.85. The number of aromatic nitrogens is 3. The zero-order valence-corrected chi connectivity index (χ0v) is 6.14. The number of azide groups is 1. The minimum atomic E-state index is -0.290. The molecular weight excluding hydrogens is 162 g/mol. The molecule has 0 radical (unpaired) electrons. The Hall–Kier alpha value is -2.08. The summed E-state index contributed by atoms with van der Waals surface area (Å²) in [6.07, 6.45) is 0. The van der Waals surface area contributed by atoms with Gasteiger partial charge in [0.2, 0.25) is 17.8 Å². The van der Waals surface area contributed by atoms with Crippen molar-refractivity contribution in [2.75, 3.05) is 5.32 Å². The topological polar surface area (TPSA) is 119 Å². The summed E-state index contributed by atoms with van der Waals surface area (Å²) in [4.78, 5) is 16.6. The third kappa shape index (κ3) is 1.96. The Kier molecular flexibility index (Phi) is 2.24. The van der Waals surface area contributed by atoms with Gasteiger partial charge >= 0.3 is 0 Å². The molecule has 12 heavy (non-hydrogen) atoms. The van der Waals surface area contributed by atoms with Crippen molar-refractivity contribution in [3.8, 4) is 0 Å². The molecule has 1 rings (SSSR count). The summed E-state index contributed by atoms with van der Waals surface area (Å²) in [5, 5.41) is 11.3. The van der Waals surface area contributed by atoms with Gasteiger partial charge in [-0.2, -0.15) is 4.98 Å². The SMILES string of the molecule is CC(=O)Nc1n[nH]c(N=[N+]=[N-])n1. The molecule has 2 N–H and O–H groups in total.